The minimum absolute atomic E-state index is 0.0450. The number of carbonyl (C=O) groups is 3. The van der Waals surface area contributed by atoms with Crippen LogP contribution in [0.5, 0.6) is 11.5 Å². The Morgan fingerprint density at radius 2 is 1.81 bits per heavy atom. The average molecular weight is 430 g/mol. The number of hydrogen-bond acceptors (Lipinski definition) is 5. The maximum absolute atomic E-state index is 12.9. The average Bonchev–Trinajstić information content (AvgIpc) is 3.40. The van der Waals surface area contributed by atoms with Crippen LogP contribution in [-0.2, 0) is 14.4 Å². The molecule has 1 saturated carbocycles. The smallest absolute Gasteiger partial charge is 0.243 e. The fourth-order valence-corrected chi connectivity index (χ4v) is 4.50. The van der Waals surface area contributed by atoms with Crippen molar-refractivity contribution in [2.45, 2.75) is 58.0 Å². The lowest BCUT2D eigenvalue weighted by Gasteiger charge is -2.25. The third-order valence-corrected chi connectivity index (χ3v) is 6.28. The molecule has 0 unspecified atom stereocenters. The lowest BCUT2D eigenvalue weighted by atomic mass is 10.0. The predicted molar refractivity (Wildman–Crippen MR) is 115 cm³/mol. The molecule has 4 rings (SSSR count). The number of amides is 3. The first-order valence-corrected chi connectivity index (χ1v) is 11.2. The van der Waals surface area contributed by atoms with E-state index in [4.69, 9.17) is 9.47 Å². The molecule has 2 N–H and O–H groups in total. The van der Waals surface area contributed by atoms with Gasteiger partial charge in [-0.1, -0.05) is 26.7 Å². The van der Waals surface area contributed by atoms with Crippen molar-refractivity contribution in [2.75, 3.05) is 24.7 Å². The van der Waals surface area contributed by atoms with E-state index in [2.05, 4.69) is 10.6 Å². The zero-order valence-corrected chi connectivity index (χ0v) is 18.2. The molecule has 2 fully saturated rings. The SMILES string of the molecule is CC(C)[C@H](NC(=O)[C@@H]1CC(=O)N(c2ccc3c(c2)OCCO3)C1)C(=O)NC1CCCC1. The normalized spacial score (nSPS) is 22.0. The van der Waals surface area contributed by atoms with Gasteiger partial charge in [-0.2, -0.15) is 0 Å². The van der Waals surface area contributed by atoms with E-state index >= 15 is 0 Å². The largest absolute Gasteiger partial charge is 0.486 e. The Morgan fingerprint density at radius 3 is 2.52 bits per heavy atom. The van der Waals surface area contributed by atoms with Crippen LogP contribution in [0.4, 0.5) is 5.69 Å². The lowest BCUT2D eigenvalue weighted by Crippen LogP contribution is -2.53. The highest BCUT2D eigenvalue weighted by Crippen LogP contribution is 2.36. The van der Waals surface area contributed by atoms with E-state index in [-0.39, 0.29) is 42.6 Å². The number of nitrogens with zero attached hydrogens (tertiary/aromatic N) is 1. The van der Waals surface area contributed by atoms with Crippen molar-refractivity contribution in [3.05, 3.63) is 18.2 Å². The third-order valence-electron chi connectivity index (χ3n) is 6.28. The minimum atomic E-state index is -0.605. The van der Waals surface area contributed by atoms with Gasteiger partial charge in [-0.3, -0.25) is 14.4 Å². The quantitative estimate of drug-likeness (QED) is 0.721. The molecule has 0 radical (unpaired) electrons. The Hall–Kier alpha value is -2.77. The molecule has 31 heavy (non-hydrogen) atoms. The van der Waals surface area contributed by atoms with E-state index in [1.165, 1.54) is 0 Å². The summed E-state index contributed by atoms with van der Waals surface area (Å²) in [6.07, 6.45) is 4.36. The monoisotopic (exact) mass is 429 g/mol. The van der Waals surface area contributed by atoms with Gasteiger partial charge in [-0.05, 0) is 30.9 Å². The summed E-state index contributed by atoms with van der Waals surface area (Å²) in [5.74, 6) is 0.208. The van der Waals surface area contributed by atoms with Crippen LogP contribution in [0.25, 0.3) is 0 Å². The standard InChI is InChI=1S/C23H31N3O5/c1-14(2)21(23(29)24-16-5-3-4-6-16)25-22(28)15-11-20(27)26(13-15)17-7-8-18-19(12-17)31-10-9-30-18/h7-8,12,14-16,21H,3-6,9-11,13H2,1-2H3,(H,24,29)(H,25,28)/t15-,21+/m1/s1. The van der Waals surface area contributed by atoms with Crippen molar-refractivity contribution in [1.82, 2.24) is 10.6 Å². The van der Waals surface area contributed by atoms with Crippen LogP contribution >= 0.6 is 0 Å². The van der Waals surface area contributed by atoms with Crippen molar-refractivity contribution in [1.29, 1.82) is 0 Å². The number of fused-ring (bicyclic) bond motifs is 1. The maximum atomic E-state index is 12.9. The Kier molecular flexibility index (Phi) is 6.34. The Bertz CT molecular complexity index is 850. The van der Waals surface area contributed by atoms with Gasteiger partial charge >= 0.3 is 0 Å². The highest BCUT2D eigenvalue weighted by Gasteiger charge is 2.37. The summed E-state index contributed by atoms with van der Waals surface area (Å²) in [6, 6.07) is 4.96. The number of anilines is 1. The van der Waals surface area contributed by atoms with Crippen molar-refractivity contribution < 1.29 is 23.9 Å². The van der Waals surface area contributed by atoms with Crippen LogP contribution in [0.1, 0.15) is 46.0 Å². The summed E-state index contributed by atoms with van der Waals surface area (Å²) in [7, 11) is 0. The molecular formula is C23H31N3O5. The van der Waals surface area contributed by atoms with E-state index in [0.29, 0.717) is 30.4 Å². The topological polar surface area (TPSA) is 97.0 Å². The number of nitrogens with one attached hydrogen (secondary N) is 2. The van der Waals surface area contributed by atoms with E-state index in [0.717, 1.165) is 25.7 Å². The summed E-state index contributed by atoms with van der Waals surface area (Å²) in [5.41, 5.74) is 0.684. The highest BCUT2D eigenvalue weighted by molar-refractivity contribution is 6.01. The van der Waals surface area contributed by atoms with Gasteiger partial charge < -0.3 is 25.0 Å². The van der Waals surface area contributed by atoms with Crippen LogP contribution in [-0.4, -0.2) is 49.6 Å². The molecule has 2 atom stereocenters. The number of benzene rings is 1. The van der Waals surface area contributed by atoms with Crippen molar-refractivity contribution in [3.8, 4) is 11.5 Å². The first-order chi connectivity index (χ1) is 14.9. The van der Waals surface area contributed by atoms with Crippen LogP contribution in [0.2, 0.25) is 0 Å². The fourth-order valence-electron chi connectivity index (χ4n) is 4.50. The second kappa shape index (κ2) is 9.16. The predicted octanol–water partition coefficient (Wildman–Crippen LogP) is 2.01. The number of carbonyl (C=O) groups excluding carboxylic acids is 3. The van der Waals surface area contributed by atoms with Gasteiger partial charge in [-0.15, -0.1) is 0 Å². The second-order valence-electron chi connectivity index (χ2n) is 8.95. The molecule has 1 aliphatic carbocycles. The van der Waals surface area contributed by atoms with E-state index in [9.17, 15) is 14.4 Å². The number of ether oxygens (including phenoxy) is 2. The van der Waals surface area contributed by atoms with Crippen molar-refractivity contribution in [2.24, 2.45) is 11.8 Å². The Balaban J connectivity index is 1.39. The molecule has 0 spiro atoms. The molecule has 8 heteroatoms. The maximum Gasteiger partial charge on any atom is 0.243 e. The van der Waals surface area contributed by atoms with Gasteiger partial charge in [0.25, 0.3) is 0 Å². The third kappa shape index (κ3) is 4.78. The Labute approximate surface area is 182 Å². The van der Waals surface area contributed by atoms with Gasteiger partial charge in [0.05, 0.1) is 5.92 Å². The lowest BCUT2D eigenvalue weighted by molar-refractivity contribution is -0.132. The first kappa shape index (κ1) is 21.5. The van der Waals surface area contributed by atoms with E-state index in [1.54, 1.807) is 23.1 Å². The van der Waals surface area contributed by atoms with E-state index < -0.39 is 12.0 Å². The molecule has 3 amide bonds. The van der Waals surface area contributed by atoms with Crippen molar-refractivity contribution >= 4 is 23.4 Å². The summed E-state index contributed by atoms with van der Waals surface area (Å²) in [4.78, 5) is 39.9. The number of rotatable bonds is 6. The summed E-state index contributed by atoms with van der Waals surface area (Å²) in [6.45, 7) is 5.08. The van der Waals surface area contributed by atoms with Gasteiger partial charge in [0.2, 0.25) is 17.7 Å². The zero-order valence-electron chi connectivity index (χ0n) is 18.2. The Morgan fingerprint density at radius 1 is 1.10 bits per heavy atom. The van der Waals surface area contributed by atoms with Gasteiger partial charge in [-0.25, -0.2) is 0 Å². The first-order valence-electron chi connectivity index (χ1n) is 11.2. The van der Waals surface area contributed by atoms with E-state index in [1.807, 2.05) is 13.8 Å². The minimum Gasteiger partial charge on any atom is -0.486 e. The fraction of sp³-hybridized carbons (Fsp3) is 0.609. The van der Waals surface area contributed by atoms with Crippen molar-refractivity contribution in [3.63, 3.8) is 0 Å². The molecule has 1 aromatic rings. The molecule has 1 saturated heterocycles. The van der Waals surface area contributed by atoms with Gasteiger partial charge in [0.1, 0.15) is 19.3 Å². The van der Waals surface area contributed by atoms with Gasteiger partial charge in [0, 0.05) is 30.8 Å². The summed E-state index contributed by atoms with van der Waals surface area (Å²) < 4.78 is 11.1. The van der Waals surface area contributed by atoms with Crippen LogP contribution < -0.4 is 25.0 Å². The van der Waals surface area contributed by atoms with Crippen LogP contribution in [0, 0.1) is 11.8 Å². The molecule has 168 valence electrons. The molecule has 0 bridgehead atoms. The van der Waals surface area contributed by atoms with Gasteiger partial charge in [0.15, 0.2) is 11.5 Å². The summed E-state index contributed by atoms with van der Waals surface area (Å²) in [5, 5.41) is 5.97. The van der Waals surface area contributed by atoms with Crippen LogP contribution in [0.15, 0.2) is 18.2 Å². The molecule has 2 heterocycles. The molecule has 0 aromatic heterocycles. The molecule has 3 aliphatic rings. The molecule has 8 nitrogen and oxygen atoms in total. The summed E-state index contributed by atoms with van der Waals surface area (Å²) >= 11 is 0. The number of hydrogen-bond donors (Lipinski definition) is 2. The zero-order chi connectivity index (χ0) is 22.0. The molecule has 1 aromatic carbocycles. The second-order valence-corrected chi connectivity index (χ2v) is 8.95. The highest BCUT2D eigenvalue weighted by atomic mass is 16.6. The molecular weight excluding hydrogens is 398 g/mol. The molecule has 2 aliphatic heterocycles. The van der Waals surface area contributed by atoms with Crippen LogP contribution in [0.3, 0.4) is 0 Å².